The predicted molar refractivity (Wildman–Crippen MR) is 75.2 cm³/mol. The standard InChI is InChI=1S/C14H18ClNO4/c1-14(2)19-8-10(20-14)7-16-13(17)11-6-9(15)4-5-12(11)18-3/h4-6,10H,7-8H2,1-3H3,(H,16,17). The summed E-state index contributed by atoms with van der Waals surface area (Å²) >= 11 is 5.90. The third-order valence-corrected chi connectivity index (χ3v) is 3.20. The van der Waals surface area contributed by atoms with Crippen molar-refractivity contribution >= 4 is 17.5 Å². The molecule has 1 atom stereocenters. The third-order valence-electron chi connectivity index (χ3n) is 2.96. The van der Waals surface area contributed by atoms with Gasteiger partial charge < -0.3 is 19.5 Å². The lowest BCUT2D eigenvalue weighted by atomic mass is 10.2. The number of hydrogen-bond donors (Lipinski definition) is 1. The average molecular weight is 300 g/mol. The van der Waals surface area contributed by atoms with Crippen molar-refractivity contribution in [1.29, 1.82) is 0 Å². The van der Waals surface area contributed by atoms with Crippen LogP contribution in [-0.2, 0) is 9.47 Å². The number of hydrogen-bond acceptors (Lipinski definition) is 4. The van der Waals surface area contributed by atoms with E-state index in [0.717, 1.165) is 0 Å². The number of rotatable bonds is 4. The summed E-state index contributed by atoms with van der Waals surface area (Å²) in [5, 5.41) is 3.28. The Balaban J connectivity index is 1.97. The highest BCUT2D eigenvalue weighted by molar-refractivity contribution is 6.31. The van der Waals surface area contributed by atoms with Gasteiger partial charge in [-0.15, -0.1) is 0 Å². The molecule has 1 saturated heterocycles. The zero-order valence-corrected chi connectivity index (χ0v) is 12.5. The second-order valence-corrected chi connectivity index (χ2v) is 5.44. The van der Waals surface area contributed by atoms with Gasteiger partial charge in [0.15, 0.2) is 5.79 Å². The van der Waals surface area contributed by atoms with E-state index in [1.54, 1.807) is 18.2 Å². The molecule has 0 aromatic heterocycles. The van der Waals surface area contributed by atoms with Gasteiger partial charge in [-0.25, -0.2) is 0 Å². The Labute approximate surface area is 123 Å². The van der Waals surface area contributed by atoms with Gasteiger partial charge in [0.05, 0.1) is 19.3 Å². The summed E-state index contributed by atoms with van der Waals surface area (Å²) in [6.45, 7) is 4.52. The number of methoxy groups -OCH3 is 1. The fourth-order valence-electron chi connectivity index (χ4n) is 2.02. The summed E-state index contributed by atoms with van der Waals surface area (Å²) in [5.41, 5.74) is 0.401. The van der Waals surface area contributed by atoms with Gasteiger partial charge >= 0.3 is 0 Å². The zero-order valence-electron chi connectivity index (χ0n) is 11.7. The van der Waals surface area contributed by atoms with E-state index in [1.807, 2.05) is 13.8 Å². The number of nitrogens with one attached hydrogen (secondary N) is 1. The van der Waals surface area contributed by atoms with Crippen LogP contribution in [0.5, 0.6) is 5.75 Å². The molecule has 0 aliphatic carbocycles. The Morgan fingerprint density at radius 3 is 2.90 bits per heavy atom. The van der Waals surface area contributed by atoms with Gasteiger partial charge in [0, 0.05) is 11.6 Å². The van der Waals surface area contributed by atoms with Crippen molar-refractivity contribution < 1.29 is 19.0 Å². The molecular formula is C14H18ClNO4. The molecule has 1 aromatic rings. The Morgan fingerprint density at radius 2 is 2.30 bits per heavy atom. The molecule has 0 radical (unpaired) electrons. The molecule has 1 aliphatic heterocycles. The van der Waals surface area contributed by atoms with Gasteiger partial charge in [-0.2, -0.15) is 0 Å². The second kappa shape index (κ2) is 5.99. The molecule has 1 aliphatic rings. The van der Waals surface area contributed by atoms with Gasteiger partial charge in [0.1, 0.15) is 11.9 Å². The topological polar surface area (TPSA) is 56.8 Å². The first-order valence-electron chi connectivity index (χ1n) is 6.35. The third kappa shape index (κ3) is 3.62. The van der Waals surface area contributed by atoms with Crippen LogP contribution in [0.2, 0.25) is 5.02 Å². The van der Waals surface area contributed by atoms with Gasteiger partial charge in [0.2, 0.25) is 0 Å². The molecule has 5 nitrogen and oxygen atoms in total. The van der Waals surface area contributed by atoms with Gasteiger partial charge in [-0.05, 0) is 32.0 Å². The van der Waals surface area contributed by atoms with Crippen LogP contribution in [0.3, 0.4) is 0 Å². The maximum Gasteiger partial charge on any atom is 0.255 e. The van der Waals surface area contributed by atoms with Crippen LogP contribution in [0.1, 0.15) is 24.2 Å². The highest BCUT2D eigenvalue weighted by atomic mass is 35.5. The summed E-state index contributed by atoms with van der Waals surface area (Å²) in [4.78, 5) is 12.1. The highest BCUT2D eigenvalue weighted by Gasteiger charge is 2.32. The first-order valence-corrected chi connectivity index (χ1v) is 6.72. The molecule has 1 amide bonds. The molecule has 1 aromatic carbocycles. The number of carbonyl (C=O) groups excluding carboxylic acids is 1. The molecule has 1 unspecified atom stereocenters. The SMILES string of the molecule is COc1ccc(Cl)cc1C(=O)NCC1COC(C)(C)O1. The highest BCUT2D eigenvalue weighted by Crippen LogP contribution is 2.24. The minimum atomic E-state index is -0.594. The van der Waals surface area contributed by atoms with E-state index in [0.29, 0.717) is 29.5 Å². The lowest BCUT2D eigenvalue weighted by Gasteiger charge is -2.17. The fraction of sp³-hybridized carbons (Fsp3) is 0.500. The summed E-state index contributed by atoms with van der Waals surface area (Å²) in [7, 11) is 1.51. The van der Waals surface area contributed by atoms with Crippen LogP contribution in [-0.4, -0.2) is 38.1 Å². The first kappa shape index (κ1) is 15.1. The van der Waals surface area contributed by atoms with Crippen molar-refractivity contribution in [1.82, 2.24) is 5.32 Å². The quantitative estimate of drug-likeness (QED) is 0.926. The maximum absolute atomic E-state index is 12.1. The number of amides is 1. The molecule has 0 spiro atoms. The minimum absolute atomic E-state index is 0.154. The molecule has 0 saturated carbocycles. The minimum Gasteiger partial charge on any atom is -0.496 e. The number of halogens is 1. The van der Waals surface area contributed by atoms with Crippen molar-refractivity contribution in [3.8, 4) is 5.75 Å². The molecule has 0 bridgehead atoms. The lowest BCUT2D eigenvalue weighted by Crippen LogP contribution is -2.34. The van der Waals surface area contributed by atoms with Gasteiger partial charge in [-0.1, -0.05) is 11.6 Å². The Hall–Kier alpha value is -1.30. The van der Waals surface area contributed by atoms with E-state index >= 15 is 0 Å². The summed E-state index contributed by atoms with van der Waals surface area (Å²) < 4.78 is 16.2. The van der Waals surface area contributed by atoms with E-state index in [9.17, 15) is 4.79 Å². The van der Waals surface area contributed by atoms with Crippen molar-refractivity contribution in [3.63, 3.8) is 0 Å². The normalized spacial score (nSPS) is 20.7. The summed E-state index contributed by atoms with van der Waals surface area (Å²) in [6.07, 6.45) is -0.154. The van der Waals surface area contributed by atoms with E-state index in [2.05, 4.69) is 5.32 Å². The molecule has 110 valence electrons. The van der Waals surface area contributed by atoms with Crippen LogP contribution in [0.15, 0.2) is 18.2 Å². The van der Waals surface area contributed by atoms with Gasteiger partial charge in [0.25, 0.3) is 5.91 Å². The van der Waals surface area contributed by atoms with Crippen LogP contribution in [0.25, 0.3) is 0 Å². The predicted octanol–water partition coefficient (Wildman–Crippen LogP) is 2.23. The smallest absolute Gasteiger partial charge is 0.255 e. The summed E-state index contributed by atoms with van der Waals surface area (Å²) in [5.74, 6) is -0.364. The second-order valence-electron chi connectivity index (χ2n) is 5.01. The molecule has 6 heteroatoms. The Morgan fingerprint density at radius 1 is 1.55 bits per heavy atom. The van der Waals surface area contributed by atoms with Crippen molar-refractivity contribution in [2.75, 3.05) is 20.3 Å². The lowest BCUT2D eigenvalue weighted by molar-refractivity contribution is -0.137. The summed E-state index contributed by atoms with van der Waals surface area (Å²) in [6, 6.07) is 4.91. The largest absolute Gasteiger partial charge is 0.496 e. The fourth-order valence-corrected chi connectivity index (χ4v) is 2.20. The molecule has 1 fully saturated rings. The van der Waals surface area contributed by atoms with Gasteiger partial charge in [-0.3, -0.25) is 4.79 Å². The molecule has 1 N–H and O–H groups in total. The molecular weight excluding hydrogens is 282 g/mol. The molecule has 1 heterocycles. The van der Waals surface area contributed by atoms with Crippen LogP contribution in [0, 0.1) is 0 Å². The average Bonchev–Trinajstić information content (AvgIpc) is 2.75. The number of ether oxygens (including phenoxy) is 3. The van der Waals surface area contributed by atoms with E-state index in [4.69, 9.17) is 25.8 Å². The molecule has 20 heavy (non-hydrogen) atoms. The first-order chi connectivity index (χ1) is 9.41. The number of benzene rings is 1. The van der Waals surface area contributed by atoms with Crippen LogP contribution < -0.4 is 10.1 Å². The van der Waals surface area contributed by atoms with Crippen LogP contribution >= 0.6 is 11.6 Å². The Kier molecular flexibility index (Phi) is 4.52. The Bertz CT molecular complexity index is 504. The maximum atomic E-state index is 12.1. The number of carbonyl (C=O) groups is 1. The monoisotopic (exact) mass is 299 g/mol. The van der Waals surface area contributed by atoms with Crippen molar-refractivity contribution in [2.24, 2.45) is 0 Å². The van der Waals surface area contributed by atoms with E-state index < -0.39 is 5.79 Å². The van der Waals surface area contributed by atoms with E-state index in [-0.39, 0.29) is 12.0 Å². The zero-order chi connectivity index (χ0) is 14.8. The molecule has 2 rings (SSSR count). The van der Waals surface area contributed by atoms with Crippen molar-refractivity contribution in [2.45, 2.75) is 25.7 Å². The van der Waals surface area contributed by atoms with E-state index in [1.165, 1.54) is 7.11 Å². The van der Waals surface area contributed by atoms with Crippen LogP contribution in [0.4, 0.5) is 0 Å². The van der Waals surface area contributed by atoms with Crippen molar-refractivity contribution in [3.05, 3.63) is 28.8 Å².